The number of nitrogens with one attached hydrogen (secondary N) is 1. The van der Waals surface area contributed by atoms with Crippen LogP contribution >= 0.6 is 11.8 Å². The van der Waals surface area contributed by atoms with E-state index >= 15 is 0 Å². The Morgan fingerprint density at radius 2 is 1.97 bits per heavy atom. The summed E-state index contributed by atoms with van der Waals surface area (Å²) in [6, 6.07) is 9.05. The SMILES string of the molecule is COc1cc(/C=C2\SC(=NC[C@H](O)CO)NC2=O)ccc1Oc1ccc(C#N)cc1C(F)(F)F. The highest BCUT2D eigenvalue weighted by molar-refractivity contribution is 8.18. The van der Waals surface area contributed by atoms with Crippen molar-refractivity contribution in [1.82, 2.24) is 5.32 Å². The van der Waals surface area contributed by atoms with E-state index in [0.29, 0.717) is 16.5 Å². The highest BCUT2D eigenvalue weighted by atomic mass is 32.2. The maximum absolute atomic E-state index is 13.4. The molecule has 1 saturated heterocycles. The molecule has 8 nitrogen and oxygen atoms in total. The first-order valence-electron chi connectivity index (χ1n) is 9.66. The molecule has 1 fully saturated rings. The highest BCUT2D eigenvalue weighted by Crippen LogP contribution is 2.41. The third-order valence-corrected chi connectivity index (χ3v) is 5.37. The number of aliphatic hydroxyl groups is 2. The molecule has 1 atom stereocenters. The van der Waals surface area contributed by atoms with Crippen molar-refractivity contribution < 1.29 is 37.7 Å². The van der Waals surface area contributed by atoms with Gasteiger partial charge in [-0.1, -0.05) is 6.07 Å². The number of hydrogen-bond acceptors (Lipinski definition) is 8. The molecule has 178 valence electrons. The fourth-order valence-corrected chi connectivity index (χ4v) is 3.62. The molecule has 0 bridgehead atoms. The molecule has 2 aromatic rings. The lowest BCUT2D eigenvalue weighted by molar-refractivity contribution is -0.138. The van der Waals surface area contributed by atoms with Gasteiger partial charge in [0.25, 0.3) is 5.91 Å². The minimum Gasteiger partial charge on any atom is -0.493 e. The third-order valence-electron chi connectivity index (χ3n) is 4.43. The number of rotatable bonds is 7. The van der Waals surface area contributed by atoms with Crippen LogP contribution in [0.4, 0.5) is 13.2 Å². The van der Waals surface area contributed by atoms with Gasteiger partial charge in [0, 0.05) is 0 Å². The van der Waals surface area contributed by atoms with E-state index in [1.54, 1.807) is 6.07 Å². The smallest absolute Gasteiger partial charge is 0.420 e. The molecule has 1 aliphatic rings. The van der Waals surface area contributed by atoms with Gasteiger partial charge in [0.2, 0.25) is 0 Å². The number of thioether (sulfide) groups is 1. The van der Waals surface area contributed by atoms with Crippen LogP contribution in [0.15, 0.2) is 46.3 Å². The molecule has 34 heavy (non-hydrogen) atoms. The van der Waals surface area contributed by atoms with Crippen molar-refractivity contribution in [2.45, 2.75) is 12.3 Å². The Morgan fingerprint density at radius 1 is 1.24 bits per heavy atom. The molecule has 12 heteroatoms. The Morgan fingerprint density at radius 3 is 2.62 bits per heavy atom. The number of benzene rings is 2. The number of nitriles is 1. The van der Waals surface area contributed by atoms with Crippen molar-refractivity contribution in [3.05, 3.63) is 58.0 Å². The number of ether oxygens (including phenoxy) is 2. The third kappa shape index (κ3) is 6.07. The van der Waals surface area contributed by atoms with E-state index in [1.165, 1.54) is 37.5 Å². The lowest BCUT2D eigenvalue weighted by Gasteiger charge is -2.16. The standard InChI is InChI=1S/C22H18F3N3O5S/c1-32-18-7-12(8-19-20(31)28-21(34-19)27-10-14(30)11-29)2-5-17(18)33-16-4-3-13(9-26)6-15(16)22(23,24)25/h2-8,14,29-30H,10-11H2,1H3,(H,27,28,31)/b19-8-/t14-/m0/s1. The first-order valence-corrected chi connectivity index (χ1v) is 10.5. The molecule has 0 aliphatic carbocycles. The average molecular weight is 493 g/mol. The van der Waals surface area contributed by atoms with Gasteiger partial charge in [0.1, 0.15) is 5.75 Å². The van der Waals surface area contributed by atoms with Crippen LogP contribution in [0.3, 0.4) is 0 Å². The summed E-state index contributed by atoms with van der Waals surface area (Å²) in [7, 11) is 1.32. The summed E-state index contributed by atoms with van der Waals surface area (Å²) in [5, 5.41) is 29.9. The number of hydrogen-bond donors (Lipinski definition) is 3. The molecular formula is C22H18F3N3O5S. The van der Waals surface area contributed by atoms with Gasteiger partial charge in [0.15, 0.2) is 16.7 Å². The second kappa shape index (κ2) is 10.6. The predicted molar refractivity (Wildman–Crippen MR) is 118 cm³/mol. The van der Waals surface area contributed by atoms with Crippen molar-refractivity contribution >= 4 is 28.9 Å². The Balaban J connectivity index is 1.85. The normalized spacial score (nSPS) is 16.9. The van der Waals surface area contributed by atoms with Crippen molar-refractivity contribution in [3.63, 3.8) is 0 Å². The summed E-state index contributed by atoms with van der Waals surface area (Å²) in [5.41, 5.74) is -0.749. The number of amidine groups is 1. The van der Waals surface area contributed by atoms with Crippen molar-refractivity contribution in [2.75, 3.05) is 20.3 Å². The second-order valence-corrected chi connectivity index (χ2v) is 7.91. The molecule has 0 aromatic heterocycles. The van der Waals surface area contributed by atoms with E-state index in [-0.39, 0.29) is 28.8 Å². The fourth-order valence-electron chi connectivity index (χ4n) is 2.79. The van der Waals surface area contributed by atoms with E-state index in [0.717, 1.165) is 17.8 Å². The lowest BCUT2D eigenvalue weighted by Crippen LogP contribution is -2.22. The van der Waals surface area contributed by atoms with E-state index in [4.69, 9.17) is 19.8 Å². The quantitative estimate of drug-likeness (QED) is 0.506. The van der Waals surface area contributed by atoms with Crippen LogP contribution in [0.2, 0.25) is 0 Å². The Bertz CT molecular complexity index is 1190. The van der Waals surface area contributed by atoms with Crippen LogP contribution in [0.5, 0.6) is 17.2 Å². The molecule has 0 radical (unpaired) electrons. The van der Waals surface area contributed by atoms with Crippen molar-refractivity contribution in [2.24, 2.45) is 4.99 Å². The summed E-state index contributed by atoms with van der Waals surface area (Å²) in [6.45, 7) is -0.541. The minimum absolute atomic E-state index is 0.00336. The van der Waals surface area contributed by atoms with Crippen LogP contribution in [0.1, 0.15) is 16.7 Å². The van der Waals surface area contributed by atoms with Gasteiger partial charge in [-0.3, -0.25) is 9.79 Å². The number of nitrogens with zero attached hydrogens (tertiary/aromatic N) is 2. The first-order chi connectivity index (χ1) is 16.1. The summed E-state index contributed by atoms with van der Waals surface area (Å²) >= 11 is 1.03. The summed E-state index contributed by atoms with van der Waals surface area (Å²) in [5.74, 6) is -0.791. The van der Waals surface area contributed by atoms with Crippen LogP contribution in [-0.2, 0) is 11.0 Å². The number of amides is 1. The van der Waals surface area contributed by atoms with Crippen LogP contribution in [0, 0.1) is 11.3 Å². The molecule has 3 N–H and O–H groups in total. The van der Waals surface area contributed by atoms with Crippen LogP contribution < -0.4 is 14.8 Å². The molecule has 0 unspecified atom stereocenters. The fraction of sp³-hybridized carbons (Fsp3) is 0.227. The highest BCUT2D eigenvalue weighted by Gasteiger charge is 2.35. The maximum Gasteiger partial charge on any atom is 0.420 e. The Labute approximate surface area is 196 Å². The first kappa shape index (κ1) is 25.1. The van der Waals surface area contributed by atoms with Gasteiger partial charge in [-0.05, 0) is 53.7 Å². The zero-order chi connectivity index (χ0) is 24.9. The molecule has 1 amide bonds. The van der Waals surface area contributed by atoms with Gasteiger partial charge in [-0.25, -0.2) is 0 Å². The average Bonchev–Trinajstić information content (AvgIpc) is 3.16. The lowest BCUT2D eigenvalue weighted by atomic mass is 10.1. The van der Waals surface area contributed by atoms with Gasteiger partial charge in [0.05, 0.1) is 48.5 Å². The van der Waals surface area contributed by atoms with Gasteiger partial charge < -0.3 is 25.0 Å². The van der Waals surface area contributed by atoms with Crippen LogP contribution in [-0.4, -0.2) is 47.7 Å². The van der Waals surface area contributed by atoms with Crippen molar-refractivity contribution in [1.29, 1.82) is 5.26 Å². The maximum atomic E-state index is 13.4. The van der Waals surface area contributed by atoms with E-state index in [2.05, 4.69) is 10.3 Å². The van der Waals surface area contributed by atoms with Crippen LogP contribution in [0.25, 0.3) is 6.08 Å². The topological polar surface area (TPSA) is 124 Å². The zero-order valence-electron chi connectivity index (χ0n) is 17.6. The number of carbonyl (C=O) groups excluding carboxylic acids is 1. The molecule has 0 saturated carbocycles. The van der Waals surface area contributed by atoms with Gasteiger partial charge >= 0.3 is 6.18 Å². The monoisotopic (exact) mass is 493 g/mol. The largest absolute Gasteiger partial charge is 0.493 e. The number of carbonyl (C=O) groups is 1. The molecule has 1 heterocycles. The Kier molecular flexibility index (Phi) is 7.83. The van der Waals surface area contributed by atoms with Crippen molar-refractivity contribution in [3.8, 4) is 23.3 Å². The molecule has 3 rings (SSSR count). The zero-order valence-corrected chi connectivity index (χ0v) is 18.4. The second-order valence-electron chi connectivity index (χ2n) is 6.88. The van der Waals surface area contributed by atoms with E-state index in [1.807, 2.05) is 0 Å². The van der Waals surface area contributed by atoms with Gasteiger partial charge in [-0.15, -0.1) is 0 Å². The number of aliphatic imine (C=N–C) groups is 1. The van der Waals surface area contributed by atoms with E-state index < -0.39 is 36.1 Å². The number of alkyl halides is 3. The number of methoxy groups -OCH3 is 1. The minimum atomic E-state index is -4.74. The summed E-state index contributed by atoms with van der Waals surface area (Å²) in [6.07, 6.45) is -4.25. The molecule has 2 aromatic carbocycles. The summed E-state index contributed by atoms with van der Waals surface area (Å²) < 4.78 is 51.0. The van der Waals surface area contributed by atoms with Gasteiger partial charge in [-0.2, -0.15) is 18.4 Å². The molecular weight excluding hydrogens is 475 g/mol. The number of aliphatic hydroxyl groups excluding tert-OH is 2. The molecule has 0 spiro atoms. The molecule has 1 aliphatic heterocycles. The number of halogens is 3. The van der Waals surface area contributed by atoms with E-state index in [9.17, 15) is 23.1 Å². The predicted octanol–water partition coefficient (Wildman–Crippen LogP) is 3.29. The summed E-state index contributed by atoms with van der Waals surface area (Å²) in [4.78, 5) is 16.5. The Hall–Kier alpha value is -3.53.